The van der Waals surface area contributed by atoms with Crippen molar-refractivity contribution in [2.75, 3.05) is 23.4 Å². The predicted octanol–water partition coefficient (Wildman–Crippen LogP) is 1.87. The molecule has 1 fully saturated rings. The summed E-state index contributed by atoms with van der Waals surface area (Å²) in [6.07, 6.45) is 4.23. The van der Waals surface area contributed by atoms with Crippen LogP contribution in [0.5, 0.6) is 0 Å². The lowest BCUT2D eigenvalue weighted by Gasteiger charge is -2.16. The molecule has 6 heteroatoms. The van der Waals surface area contributed by atoms with Gasteiger partial charge in [0.15, 0.2) is 6.61 Å². The Hall–Kier alpha value is -2.63. The molecule has 2 rings (SSSR count). The van der Waals surface area contributed by atoms with E-state index in [9.17, 15) is 14.4 Å². The van der Waals surface area contributed by atoms with Crippen molar-refractivity contribution >= 4 is 29.2 Å². The van der Waals surface area contributed by atoms with E-state index in [0.29, 0.717) is 12.1 Å². The second-order valence-electron chi connectivity index (χ2n) is 4.85. The van der Waals surface area contributed by atoms with Gasteiger partial charge in [0.25, 0.3) is 5.91 Å². The summed E-state index contributed by atoms with van der Waals surface area (Å²) in [6.45, 7) is 2.08. The van der Waals surface area contributed by atoms with Gasteiger partial charge in [-0.2, -0.15) is 0 Å². The SMILES string of the molecule is C/C=C/C(=O)OCC(=O)Nc1ccc(N2CCCC2=O)cc1. The first-order valence-electron chi connectivity index (χ1n) is 7.10. The van der Waals surface area contributed by atoms with Crippen LogP contribution in [0.25, 0.3) is 0 Å². The molecule has 1 aliphatic heterocycles. The molecule has 0 aromatic heterocycles. The second-order valence-corrected chi connectivity index (χ2v) is 4.85. The van der Waals surface area contributed by atoms with E-state index in [1.54, 1.807) is 42.2 Å². The van der Waals surface area contributed by atoms with Crippen LogP contribution in [0.2, 0.25) is 0 Å². The van der Waals surface area contributed by atoms with Crippen LogP contribution in [-0.2, 0) is 19.1 Å². The van der Waals surface area contributed by atoms with Gasteiger partial charge < -0.3 is 15.0 Å². The largest absolute Gasteiger partial charge is 0.452 e. The van der Waals surface area contributed by atoms with Crippen LogP contribution in [0.1, 0.15) is 19.8 Å². The third kappa shape index (κ3) is 4.18. The molecule has 0 spiro atoms. The summed E-state index contributed by atoms with van der Waals surface area (Å²) < 4.78 is 4.74. The number of amides is 2. The number of nitrogens with zero attached hydrogens (tertiary/aromatic N) is 1. The smallest absolute Gasteiger partial charge is 0.330 e. The fourth-order valence-corrected chi connectivity index (χ4v) is 2.16. The lowest BCUT2D eigenvalue weighted by Crippen LogP contribution is -2.23. The summed E-state index contributed by atoms with van der Waals surface area (Å²) in [6, 6.07) is 6.99. The van der Waals surface area contributed by atoms with Crippen LogP contribution in [0.15, 0.2) is 36.4 Å². The summed E-state index contributed by atoms with van der Waals surface area (Å²) in [4.78, 5) is 36.1. The van der Waals surface area contributed by atoms with E-state index in [2.05, 4.69) is 5.32 Å². The molecule has 0 aliphatic carbocycles. The van der Waals surface area contributed by atoms with Gasteiger partial charge in [-0.25, -0.2) is 4.79 Å². The van der Waals surface area contributed by atoms with Gasteiger partial charge in [-0.3, -0.25) is 9.59 Å². The molecule has 1 aromatic rings. The summed E-state index contributed by atoms with van der Waals surface area (Å²) in [5.74, 6) is -0.851. The monoisotopic (exact) mass is 302 g/mol. The van der Waals surface area contributed by atoms with Crippen LogP contribution in [0, 0.1) is 0 Å². The topological polar surface area (TPSA) is 75.7 Å². The zero-order valence-electron chi connectivity index (χ0n) is 12.4. The Morgan fingerprint density at radius 2 is 2.05 bits per heavy atom. The maximum atomic E-state index is 11.6. The fourth-order valence-electron chi connectivity index (χ4n) is 2.16. The van der Waals surface area contributed by atoms with E-state index in [-0.39, 0.29) is 12.5 Å². The molecule has 1 saturated heterocycles. The van der Waals surface area contributed by atoms with Gasteiger partial charge in [0.1, 0.15) is 0 Å². The molecule has 1 heterocycles. The number of ether oxygens (including phenoxy) is 1. The Kier molecular flexibility index (Phi) is 5.30. The molecule has 1 N–H and O–H groups in total. The van der Waals surface area contributed by atoms with Gasteiger partial charge in [0, 0.05) is 30.4 Å². The van der Waals surface area contributed by atoms with Crippen LogP contribution in [-0.4, -0.2) is 30.9 Å². The molecular weight excluding hydrogens is 284 g/mol. The molecule has 116 valence electrons. The quantitative estimate of drug-likeness (QED) is 0.665. The summed E-state index contributed by atoms with van der Waals surface area (Å²) in [5, 5.41) is 2.62. The number of hydrogen-bond acceptors (Lipinski definition) is 4. The first kappa shape index (κ1) is 15.8. The molecule has 0 saturated carbocycles. The first-order valence-corrected chi connectivity index (χ1v) is 7.10. The molecule has 1 aromatic carbocycles. The van der Waals surface area contributed by atoms with Crippen molar-refractivity contribution < 1.29 is 19.1 Å². The minimum Gasteiger partial charge on any atom is -0.452 e. The van der Waals surface area contributed by atoms with Crippen LogP contribution in [0.4, 0.5) is 11.4 Å². The number of carbonyl (C=O) groups is 3. The number of allylic oxidation sites excluding steroid dienone is 1. The van der Waals surface area contributed by atoms with E-state index < -0.39 is 11.9 Å². The Morgan fingerprint density at radius 1 is 1.32 bits per heavy atom. The van der Waals surface area contributed by atoms with E-state index in [4.69, 9.17) is 4.74 Å². The number of carbonyl (C=O) groups excluding carboxylic acids is 3. The standard InChI is InChI=1S/C16H18N2O4/c1-2-4-16(21)22-11-14(19)17-12-6-8-13(9-7-12)18-10-3-5-15(18)20/h2,4,6-9H,3,5,10-11H2,1H3,(H,17,19)/b4-2+. The van der Waals surface area contributed by atoms with Crippen molar-refractivity contribution in [1.29, 1.82) is 0 Å². The van der Waals surface area contributed by atoms with E-state index in [0.717, 1.165) is 18.7 Å². The first-order chi connectivity index (χ1) is 10.6. The van der Waals surface area contributed by atoms with Crippen molar-refractivity contribution in [3.8, 4) is 0 Å². The number of rotatable bonds is 5. The minimum absolute atomic E-state index is 0.118. The molecule has 1 aliphatic rings. The van der Waals surface area contributed by atoms with Gasteiger partial charge in [-0.15, -0.1) is 0 Å². The maximum absolute atomic E-state index is 11.6. The predicted molar refractivity (Wildman–Crippen MR) is 82.4 cm³/mol. The van der Waals surface area contributed by atoms with Crippen molar-refractivity contribution in [2.45, 2.75) is 19.8 Å². The van der Waals surface area contributed by atoms with Crippen molar-refractivity contribution in [3.05, 3.63) is 36.4 Å². The summed E-state index contributed by atoms with van der Waals surface area (Å²) >= 11 is 0. The lowest BCUT2D eigenvalue weighted by molar-refractivity contribution is -0.142. The zero-order valence-corrected chi connectivity index (χ0v) is 12.4. The Morgan fingerprint density at radius 3 is 2.64 bits per heavy atom. The van der Waals surface area contributed by atoms with Gasteiger partial charge in [0.05, 0.1) is 0 Å². The molecular formula is C16H18N2O4. The Bertz CT molecular complexity index is 593. The molecule has 6 nitrogen and oxygen atoms in total. The molecule has 22 heavy (non-hydrogen) atoms. The molecule has 0 unspecified atom stereocenters. The molecule has 0 atom stereocenters. The number of hydrogen-bond donors (Lipinski definition) is 1. The normalized spacial score (nSPS) is 14.4. The van der Waals surface area contributed by atoms with Crippen LogP contribution < -0.4 is 10.2 Å². The van der Waals surface area contributed by atoms with E-state index >= 15 is 0 Å². The highest BCUT2D eigenvalue weighted by Gasteiger charge is 2.21. The third-order valence-corrected chi connectivity index (χ3v) is 3.18. The molecule has 0 radical (unpaired) electrons. The van der Waals surface area contributed by atoms with Crippen molar-refractivity contribution in [3.63, 3.8) is 0 Å². The molecule has 2 amide bonds. The Balaban J connectivity index is 1.87. The number of anilines is 2. The summed E-state index contributed by atoms with van der Waals surface area (Å²) in [5.41, 5.74) is 1.41. The maximum Gasteiger partial charge on any atom is 0.330 e. The third-order valence-electron chi connectivity index (χ3n) is 3.18. The highest BCUT2D eigenvalue weighted by atomic mass is 16.5. The lowest BCUT2D eigenvalue weighted by atomic mass is 10.2. The molecule has 0 bridgehead atoms. The van der Waals surface area contributed by atoms with Gasteiger partial charge in [-0.1, -0.05) is 6.08 Å². The average molecular weight is 302 g/mol. The van der Waals surface area contributed by atoms with Crippen LogP contribution in [0.3, 0.4) is 0 Å². The van der Waals surface area contributed by atoms with Gasteiger partial charge in [-0.05, 0) is 37.6 Å². The number of esters is 1. The van der Waals surface area contributed by atoms with Gasteiger partial charge >= 0.3 is 5.97 Å². The van der Waals surface area contributed by atoms with Crippen LogP contribution >= 0.6 is 0 Å². The average Bonchev–Trinajstić information content (AvgIpc) is 2.92. The highest BCUT2D eigenvalue weighted by Crippen LogP contribution is 2.22. The minimum atomic E-state index is -0.555. The Labute approximate surface area is 128 Å². The second kappa shape index (κ2) is 7.40. The van der Waals surface area contributed by atoms with Crippen molar-refractivity contribution in [2.24, 2.45) is 0 Å². The van der Waals surface area contributed by atoms with Gasteiger partial charge in [0.2, 0.25) is 5.91 Å². The number of nitrogens with one attached hydrogen (secondary N) is 1. The fraction of sp³-hybridized carbons (Fsp3) is 0.312. The van der Waals surface area contributed by atoms with E-state index in [1.165, 1.54) is 6.08 Å². The zero-order chi connectivity index (χ0) is 15.9. The highest BCUT2D eigenvalue weighted by molar-refractivity contribution is 5.96. The van der Waals surface area contributed by atoms with Crippen molar-refractivity contribution in [1.82, 2.24) is 0 Å². The summed E-state index contributed by atoms with van der Waals surface area (Å²) in [7, 11) is 0. The number of benzene rings is 1. The van der Waals surface area contributed by atoms with E-state index in [1.807, 2.05) is 0 Å².